The Hall–Kier alpha value is -0.960. The lowest BCUT2D eigenvalue weighted by Crippen LogP contribution is -2.65. The molecule has 1 N–H and O–H groups in total. The molecule has 0 radical (unpaired) electrons. The largest absolute Gasteiger partial charge is 0.315 e. The summed E-state index contributed by atoms with van der Waals surface area (Å²) in [6, 6.07) is 1.75. The molecule has 0 atom stereocenters. The zero-order valence-electron chi connectivity index (χ0n) is 9.82. The molecule has 1 fully saturated rings. The number of carbonyl (C=O) groups is 3. The van der Waals surface area contributed by atoms with Crippen LogP contribution in [-0.4, -0.2) is 34.7 Å². The summed E-state index contributed by atoms with van der Waals surface area (Å²) in [5.74, 6) is -1.18. The van der Waals surface area contributed by atoms with Crippen LogP contribution in [0.5, 0.6) is 0 Å². The van der Waals surface area contributed by atoms with Crippen LogP contribution in [-0.2, 0) is 9.59 Å². The predicted molar refractivity (Wildman–Crippen MR) is 75.3 cm³/mol. The number of carbonyl (C=O) groups excluding carboxylic acids is 3. The lowest BCUT2D eigenvalue weighted by molar-refractivity contribution is -0.143. The van der Waals surface area contributed by atoms with E-state index in [4.69, 9.17) is 0 Å². The first kappa shape index (κ1) is 13.5. The van der Waals surface area contributed by atoms with Crippen LogP contribution in [0.25, 0.3) is 0 Å². The molecule has 96 valence electrons. The van der Waals surface area contributed by atoms with Crippen molar-refractivity contribution in [3.8, 4) is 0 Å². The third-order valence-electron chi connectivity index (χ3n) is 2.84. The number of nitrogens with zero attached hydrogens (tertiary/aromatic N) is 1. The maximum atomic E-state index is 12.3. The van der Waals surface area contributed by atoms with E-state index in [1.165, 1.54) is 16.2 Å². The zero-order valence-corrected chi connectivity index (χ0v) is 12.8. The molecule has 18 heavy (non-hydrogen) atoms. The number of piperazine rings is 1. The van der Waals surface area contributed by atoms with Crippen LogP contribution in [0.2, 0.25) is 0 Å². The quantitative estimate of drug-likeness (QED) is 0.591. The Balaban J connectivity index is 2.33. The van der Waals surface area contributed by atoms with Gasteiger partial charge in [0.05, 0.1) is 8.45 Å². The number of halogens is 1. The van der Waals surface area contributed by atoms with E-state index in [0.717, 1.165) is 2.88 Å². The molecule has 0 spiro atoms. The van der Waals surface area contributed by atoms with Gasteiger partial charge in [-0.2, -0.15) is 0 Å². The van der Waals surface area contributed by atoms with Crippen molar-refractivity contribution in [1.29, 1.82) is 0 Å². The highest BCUT2D eigenvalue weighted by Gasteiger charge is 2.43. The van der Waals surface area contributed by atoms with E-state index < -0.39 is 17.4 Å². The van der Waals surface area contributed by atoms with Crippen molar-refractivity contribution in [3.05, 3.63) is 19.9 Å². The van der Waals surface area contributed by atoms with Gasteiger partial charge in [-0.05, 0) is 42.5 Å². The van der Waals surface area contributed by atoms with Gasteiger partial charge in [0.1, 0.15) is 12.1 Å². The van der Waals surface area contributed by atoms with E-state index in [9.17, 15) is 14.4 Å². The molecule has 0 saturated carbocycles. The summed E-state index contributed by atoms with van der Waals surface area (Å²) in [4.78, 5) is 36.8. The molecule has 2 heterocycles. The van der Waals surface area contributed by atoms with Crippen LogP contribution < -0.4 is 5.32 Å². The summed E-state index contributed by atoms with van der Waals surface area (Å²) in [5, 5.41) is 3.97. The van der Waals surface area contributed by atoms with Crippen molar-refractivity contribution in [2.75, 3.05) is 6.54 Å². The minimum absolute atomic E-state index is 0.0933. The number of thiophene rings is 1. The van der Waals surface area contributed by atoms with Crippen molar-refractivity contribution in [2.24, 2.45) is 0 Å². The van der Waals surface area contributed by atoms with E-state index >= 15 is 0 Å². The molecule has 1 aliphatic rings. The molecule has 0 aliphatic carbocycles. The van der Waals surface area contributed by atoms with Gasteiger partial charge in [-0.3, -0.25) is 19.7 Å². The van der Waals surface area contributed by atoms with Crippen molar-refractivity contribution in [3.63, 3.8) is 0 Å². The molecule has 0 aromatic carbocycles. The van der Waals surface area contributed by atoms with Crippen LogP contribution in [0, 0.1) is 2.88 Å². The van der Waals surface area contributed by atoms with E-state index in [2.05, 4.69) is 27.9 Å². The van der Waals surface area contributed by atoms with Gasteiger partial charge < -0.3 is 4.90 Å². The highest BCUT2D eigenvalue weighted by atomic mass is 127. The van der Waals surface area contributed by atoms with Crippen LogP contribution in [0.1, 0.15) is 24.2 Å². The van der Waals surface area contributed by atoms with Crippen LogP contribution >= 0.6 is 33.9 Å². The molecule has 1 aliphatic heterocycles. The Morgan fingerprint density at radius 2 is 2.17 bits per heavy atom. The second-order valence-corrected chi connectivity index (χ2v) is 7.27. The summed E-state index contributed by atoms with van der Waals surface area (Å²) in [5.41, 5.74) is -0.502. The second kappa shape index (κ2) is 4.61. The molecule has 3 amide bonds. The van der Waals surface area contributed by atoms with Gasteiger partial charge in [0.2, 0.25) is 5.91 Å². The maximum Gasteiger partial charge on any atom is 0.256 e. The number of rotatable bonds is 1. The molecule has 2 rings (SSSR count). The minimum atomic E-state index is -1.02. The first-order valence-corrected chi connectivity index (χ1v) is 7.18. The number of amides is 3. The van der Waals surface area contributed by atoms with E-state index in [-0.39, 0.29) is 12.5 Å². The highest BCUT2D eigenvalue weighted by molar-refractivity contribution is 14.1. The first-order chi connectivity index (χ1) is 8.32. The zero-order chi connectivity index (χ0) is 13.5. The fourth-order valence-corrected chi connectivity index (χ4v) is 3.01. The average Bonchev–Trinajstić information content (AvgIpc) is 2.70. The standard InChI is InChI=1S/C11H11IN2O3S/c1-11(2)10(17)13-8(15)4-14(11)9(16)6-3-7(12)18-5-6/h3,5H,4H2,1-2H3,(H,13,15,17). The third kappa shape index (κ3) is 2.28. The van der Waals surface area contributed by atoms with E-state index in [0.29, 0.717) is 5.56 Å². The number of hydrogen-bond acceptors (Lipinski definition) is 4. The van der Waals surface area contributed by atoms with Gasteiger partial charge in [-0.15, -0.1) is 11.3 Å². The summed E-state index contributed by atoms with van der Waals surface area (Å²) in [7, 11) is 0. The second-order valence-electron chi connectivity index (χ2n) is 4.47. The van der Waals surface area contributed by atoms with Gasteiger partial charge >= 0.3 is 0 Å². The smallest absolute Gasteiger partial charge is 0.256 e. The Labute approximate surface area is 122 Å². The molecule has 1 saturated heterocycles. The van der Waals surface area contributed by atoms with Gasteiger partial charge in [-0.1, -0.05) is 0 Å². The Morgan fingerprint density at radius 1 is 1.50 bits per heavy atom. The van der Waals surface area contributed by atoms with Gasteiger partial charge in [0.15, 0.2) is 0 Å². The summed E-state index contributed by atoms with van der Waals surface area (Å²) in [6.07, 6.45) is 0. The van der Waals surface area contributed by atoms with Crippen LogP contribution in [0.3, 0.4) is 0 Å². The number of hydrogen-bond donors (Lipinski definition) is 1. The van der Waals surface area contributed by atoms with Crippen molar-refractivity contribution >= 4 is 51.6 Å². The molecule has 7 heteroatoms. The molecule has 0 unspecified atom stereocenters. The minimum Gasteiger partial charge on any atom is -0.315 e. The number of imide groups is 1. The molecular weight excluding hydrogens is 367 g/mol. The molecule has 1 aromatic rings. The van der Waals surface area contributed by atoms with E-state index in [1.807, 2.05) is 0 Å². The average molecular weight is 378 g/mol. The third-order valence-corrected chi connectivity index (χ3v) is 4.63. The maximum absolute atomic E-state index is 12.3. The van der Waals surface area contributed by atoms with Crippen LogP contribution in [0.15, 0.2) is 11.4 Å². The Kier molecular flexibility index (Phi) is 3.45. The number of nitrogens with one attached hydrogen (secondary N) is 1. The van der Waals surface area contributed by atoms with Crippen LogP contribution in [0.4, 0.5) is 0 Å². The van der Waals surface area contributed by atoms with Gasteiger partial charge in [0.25, 0.3) is 11.8 Å². The summed E-state index contributed by atoms with van der Waals surface area (Å²) < 4.78 is 0.988. The lowest BCUT2D eigenvalue weighted by atomic mass is 9.98. The molecular formula is C11H11IN2O3S. The molecule has 5 nitrogen and oxygen atoms in total. The Morgan fingerprint density at radius 3 is 2.72 bits per heavy atom. The molecule has 0 bridgehead atoms. The van der Waals surface area contributed by atoms with Crippen molar-refractivity contribution in [1.82, 2.24) is 10.2 Å². The van der Waals surface area contributed by atoms with Gasteiger partial charge in [-0.25, -0.2) is 0 Å². The summed E-state index contributed by atoms with van der Waals surface area (Å²) in [6.45, 7) is 3.16. The fourth-order valence-electron chi connectivity index (χ4n) is 1.69. The Bertz CT molecular complexity index is 538. The SMILES string of the molecule is CC1(C)C(=O)NC(=O)CN1C(=O)c1csc(I)c1. The first-order valence-electron chi connectivity index (χ1n) is 5.22. The predicted octanol–water partition coefficient (Wildman–Crippen LogP) is 1.23. The highest BCUT2D eigenvalue weighted by Crippen LogP contribution is 2.24. The normalized spacial score (nSPS) is 18.7. The fraction of sp³-hybridized carbons (Fsp3) is 0.364. The van der Waals surface area contributed by atoms with E-state index in [1.54, 1.807) is 25.3 Å². The van der Waals surface area contributed by atoms with Crippen molar-refractivity contribution in [2.45, 2.75) is 19.4 Å². The van der Waals surface area contributed by atoms with Crippen molar-refractivity contribution < 1.29 is 14.4 Å². The molecule has 1 aromatic heterocycles. The monoisotopic (exact) mass is 378 g/mol. The topological polar surface area (TPSA) is 66.5 Å². The summed E-state index contributed by atoms with van der Waals surface area (Å²) >= 11 is 3.58. The lowest BCUT2D eigenvalue weighted by Gasteiger charge is -2.39. The van der Waals surface area contributed by atoms with Gasteiger partial charge in [0, 0.05) is 5.38 Å².